The number of benzene rings is 1. The average Bonchev–Trinajstić information content (AvgIpc) is 3.02. The Morgan fingerprint density at radius 1 is 1.15 bits per heavy atom. The fourth-order valence-electron chi connectivity index (χ4n) is 2.14. The molecule has 0 bridgehead atoms. The number of hydrogen-bond donors (Lipinski definition) is 1. The molecule has 0 atom stereocenters. The van der Waals surface area contributed by atoms with E-state index in [-0.39, 0.29) is 11.6 Å². The zero-order chi connectivity index (χ0) is 20.0. The maximum atomic E-state index is 13.1. The molecule has 1 aromatic carbocycles. The average molecular weight is 419 g/mol. The number of nitrogens with zero attached hydrogens (tertiary/aromatic N) is 5. The van der Waals surface area contributed by atoms with Gasteiger partial charge in [0, 0.05) is 10.6 Å². The van der Waals surface area contributed by atoms with E-state index in [0.29, 0.717) is 16.1 Å². The molecule has 13 heteroatoms. The minimum absolute atomic E-state index is 0.167. The molecule has 0 spiro atoms. The third-order valence-electron chi connectivity index (χ3n) is 3.41. The van der Waals surface area contributed by atoms with Gasteiger partial charge in [0.2, 0.25) is 0 Å². The van der Waals surface area contributed by atoms with Crippen molar-refractivity contribution in [1.82, 2.24) is 25.0 Å². The standard InChI is InChI=1S/C14H10ClF3N6O2S/c1-7-6-8(2-3-9(7)15)12-20-13(14(16,17)18)23-24(12)10-4-5-11(22-21-10)27(19,25)26/h2-6H,1H3,(H2,19,25,26). The molecule has 0 saturated carbocycles. The van der Waals surface area contributed by atoms with E-state index in [1.807, 2.05) is 0 Å². The summed E-state index contributed by atoms with van der Waals surface area (Å²) < 4.78 is 62.6. The summed E-state index contributed by atoms with van der Waals surface area (Å²) in [4.78, 5) is 3.54. The van der Waals surface area contributed by atoms with E-state index in [9.17, 15) is 21.6 Å². The van der Waals surface area contributed by atoms with Gasteiger partial charge in [-0.25, -0.2) is 18.5 Å². The number of hydrogen-bond acceptors (Lipinski definition) is 6. The van der Waals surface area contributed by atoms with Gasteiger partial charge in [-0.3, -0.25) is 0 Å². The Morgan fingerprint density at radius 2 is 1.85 bits per heavy atom. The van der Waals surface area contributed by atoms with Gasteiger partial charge in [-0.05, 0) is 42.8 Å². The number of primary sulfonamides is 1. The van der Waals surface area contributed by atoms with Crippen LogP contribution in [0.2, 0.25) is 5.02 Å². The van der Waals surface area contributed by atoms with Crippen LogP contribution in [0.15, 0.2) is 35.4 Å². The molecule has 142 valence electrons. The molecule has 2 N–H and O–H groups in total. The molecule has 27 heavy (non-hydrogen) atoms. The van der Waals surface area contributed by atoms with E-state index in [2.05, 4.69) is 20.3 Å². The van der Waals surface area contributed by atoms with Crippen LogP contribution in [0.25, 0.3) is 17.2 Å². The molecule has 0 aliphatic heterocycles. The second kappa shape index (κ2) is 6.55. The summed E-state index contributed by atoms with van der Waals surface area (Å²) in [5.41, 5.74) is 0.921. The van der Waals surface area contributed by atoms with Crippen LogP contribution in [-0.2, 0) is 16.2 Å². The Bertz CT molecular complexity index is 1110. The van der Waals surface area contributed by atoms with Crippen molar-refractivity contribution in [2.24, 2.45) is 5.14 Å². The van der Waals surface area contributed by atoms with Gasteiger partial charge in [-0.2, -0.15) is 17.9 Å². The first kappa shape index (κ1) is 19.2. The molecular weight excluding hydrogens is 409 g/mol. The zero-order valence-corrected chi connectivity index (χ0v) is 15.0. The molecule has 0 aliphatic rings. The molecule has 0 unspecified atom stereocenters. The summed E-state index contributed by atoms with van der Waals surface area (Å²) in [5, 5.41) is 15.3. The van der Waals surface area contributed by atoms with Crippen molar-refractivity contribution in [2.45, 2.75) is 18.1 Å². The summed E-state index contributed by atoms with van der Waals surface area (Å²) in [5.74, 6) is -1.73. The Kier molecular flexibility index (Phi) is 4.66. The maximum Gasteiger partial charge on any atom is 0.453 e. The third-order valence-corrected chi connectivity index (χ3v) is 4.64. The number of nitrogens with two attached hydrogens (primary N) is 1. The second-order valence-electron chi connectivity index (χ2n) is 5.41. The van der Waals surface area contributed by atoms with Crippen molar-refractivity contribution in [2.75, 3.05) is 0 Å². The van der Waals surface area contributed by atoms with Gasteiger partial charge in [0.1, 0.15) is 0 Å². The predicted molar refractivity (Wildman–Crippen MR) is 88.5 cm³/mol. The number of sulfonamides is 1. The van der Waals surface area contributed by atoms with E-state index in [1.165, 1.54) is 18.2 Å². The first-order valence-corrected chi connectivity index (χ1v) is 9.07. The lowest BCUT2D eigenvalue weighted by Gasteiger charge is -2.06. The fourth-order valence-corrected chi connectivity index (χ4v) is 2.67. The van der Waals surface area contributed by atoms with Crippen molar-refractivity contribution in [3.8, 4) is 17.2 Å². The highest BCUT2D eigenvalue weighted by Gasteiger charge is 2.37. The molecule has 0 aliphatic carbocycles. The normalized spacial score (nSPS) is 12.4. The van der Waals surface area contributed by atoms with Crippen LogP contribution in [0.5, 0.6) is 0 Å². The van der Waals surface area contributed by atoms with Gasteiger partial charge in [0.25, 0.3) is 15.8 Å². The summed E-state index contributed by atoms with van der Waals surface area (Å²) in [6.07, 6.45) is -4.80. The molecule has 0 amide bonds. The van der Waals surface area contributed by atoms with Gasteiger partial charge >= 0.3 is 6.18 Å². The molecule has 0 radical (unpaired) electrons. The lowest BCUT2D eigenvalue weighted by Crippen LogP contribution is -2.15. The third kappa shape index (κ3) is 3.91. The Hall–Kier alpha value is -2.57. The SMILES string of the molecule is Cc1cc(-c2nc(C(F)(F)F)nn2-c2ccc(S(N)(=O)=O)nn2)ccc1Cl. The Labute approximate surface area is 155 Å². The van der Waals surface area contributed by atoms with Crippen LogP contribution in [0, 0.1) is 6.92 Å². The minimum atomic E-state index is -4.80. The molecule has 0 saturated heterocycles. The minimum Gasteiger partial charge on any atom is -0.223 e. The Morgan fingerprint density at radius 3 is 2.37 bits per heavy atom. The number of aryl methyl sites for hydroxylation is 1. The van der Waals surface area contributed by atoms with Crippen LogP contribution in [-0.4, -0.2) is 33.4 Å². The highest BCUT2D eigenvalue weighted by Crippen LogP contribution is 2.31. The number of alkyl halides is 3. The smallest absolute Gasteiger partial charge is 0.223 e. The lowest BCUT2D eigenvalue weighted by molar-refractivity contribution is -0.144. The number of rotatable bonds is 3. The van der Waals surface area contributed by atoms with Gasteiger partial charge < -0.3 is 0 Å². The quantitative estimate of drug-likeness (QED) is 0.697. The van der Waals surface area contributed by atoms with Gasteiger partial charge in [-0.15, -0.1) is 15.3 Å². The van der Waals surface area contributed by atoms with Crippen molar-refractivity contribution in [3.05, 3.63) is 46.7 Å². The molecule has 3 rings (SSSR count). The van der Waals surface area contributed by atoms with Crippen LogP contribution in [0.4, 0.5) is 13.2 Å². The summed E-state index contributed by atoms with van der Waals surface area (Å²) >= 11 is 5.95. The van der Waals surface area contributed by atoms with Crippen molar-refractivity contribution >= 4 is 21.6 Å². The highest BCUT2D eigenvalue weighted by molar-refractivity contribution is 7.89. The predicted octanol–water partition coefficient (Wildman–Crippen LogP) is 2.35. The summed E-state index contributed by atoms with van der Waals surface area (Å²) in [6, 6.07) is 6.64. The van der Waals surface area contributed by atoms with Crippen molar-refractivity contribution < 1.29 is 21.6 Å². The molecule has 3 aromatic rings. The number of aromatic nitrogens is 5. The van der Waals surface area contributed by atoms with E-state index in [4.69, 9.17) is 16.7 Å². The monoisotopic (exact) mass is 418 g/mol. The van der Waals surface area contributed by atoms with Crippen LogP contribution >= 0.6 is 11.6 Å². The van der Waals surface area contributed by atoms with Crippen LogP contribution < -0.4 is 5.14 Å². The molecule has 0 fully saturated rings. The zero-order valence-electron chi connectivity index (χ0n) is 13.4. The molecular formula is C14H10ClF3N6O2S. The number of halogens is 4. The van der Waals surface area contributed by atoms with Crippen LogP contribution in [0.1, 0.15) is 11.4 Å². The van der Waals surface area contributed by atoms with E-state index >= 15 is 0 Å². The largest absolute Gasteiger partial charge is 0.453 e. The first-order chi connectivity index (χ1) is 12.5. The lowest BCUT2D eigenvalue weighted by atomic mass is 10.1. The van der Waals surface area contributed by atoms with Crippen molar-refractivity contribution in [1.29, 1.82) is 0 Å². The van der Waals surface area contributed by atoms with Gasteiger partial charge in [-0.1, -0.05) is 11.6 Å². The first-order valence-electron chi connectivity index (χ1n) is 7.14. The fraction of sp³-hybridized carbons (Fsp3) is 0.143. The molecule has 2 aromatic heterocycles. The van der Waals surface area contributed by atoms with Crippen molar-refractivity contribution in [3.63, 3.8) is 0 Å². The van der Waals surface area contributed by atoms with Gasteiger partial charge in [0.15, 0.2) is 16.7 Å². The summed E-state index contributed by atoms with van der Waals surface area (Å²) in [7, 11) is -4.11. The van der Waals surface area contributed by atoms with Gasteiger partial charge in [0.05, 0.1) is 0 Å². The van der Waals surface area contributed by atoms with Crippen LogP contribution in [0.3, 0.4) is 0 Å². The maximum absolute atomic E-state index is 13.1. The summed E-state index contributed by atoms with van der Waals surface area (Å²) in [6.45, 7) is 1.68. The van der Waals surface area contributed by atoms with E-state index in [1.54, 1.807) is 6.92 Å². The van der Waals surface area contributed by atoms with E-state index in [0.717, 1.165) is 16.8 Å². The topological polar surface area (TPSA) is 117 Å². The molecule has 8 nitrogen and oxygen atoms in total. The highest BCUT2D eigenvalue weighted by atomic mass is 35.5. The van der Waals surface area contributed by atoms with E-state index < -0.39 is 27.0 Å². The second-order valence-corrected chi connectivity index (χ2v) is 7.32. The molecule has 2 heterocycles. The Balaban J connectivity index is 2.19.